The van der Waals surface area contributed by atoms with Crippen LogP contribution in [0.25, 0.3) is 0 Å². The summed E-state index contributed by atoms with van der Waals surface area (Å²) in [5.74, 6) is -0.190. The van der Waals surface area contributed by atoms with Gasteiger partial charge in [0.15, 0.2) is 5.69 Å². The molecule has 86 valence electrons. The number of nitriles is 1. The first kappa shape index (κ1) is 12.2. The maximum absolute atomic E-state index is 10.9. The molecule has 0 aliphatic heterocycles. The van der Waals surface area contributed by atoms with E-state index in [9.17, 15) is 4.79 Å². The van der Waals surface area contributed by atoms with Crippen molar-refractivity contribution >= 4 is 11.6 Å². The SMILES string of the molecule is CCCCCn1cc(NC(C)=O)c(C#N)n1. The molecule has 5 heteroatoms. The molecule has 1 rings (SSSR count). The summed E-state index contributed by atoms with van der Waals surface area (Å²) in [5, 5.41) is 15.5. The number of nitrogens with zero attached hydrogens (tertiary/aromatic N) is 3. The third-order valence-corrected chi connectivity index (χ3v) is 2.17. The van der Waals surface area contributed by atoms with Gasteiger partial charge in [0.2, 0.25) is 5.91 Å². The van der Waals surface area contributed by atoms with Crippen LogP contribution < -0.4 is 5.32 Å². The van der Waals surface area contributed by atoms with Crippen molar-refractivity contribution in [2.45, 2.75) is 39.7 Å². The van der Waals surface area contributed by atoms with E-state index in [2.05, 4.69) is 17.3 Å². The van der Waals surface area contributed by atoms with Crippen molar-refractivity contribution in [1.29, 1.82) is 5.26 Å². The number of anilines is 1. The molecule has 0 fully saturated rings. The summed E-state index contributed by atoms with van der Waals surface area (Å²) in [5.41, 5.74) is 0.762. The van der Waals surface area contributed by atoms with Crippen molar-refractivity contribution in [2.75, 3.05) is 5.32 Å². The van der Waals surface area contributed by atoms with Crippen LogP contribution in [0, 0.1) is 11.3 Å². The highest BCUT2D eigenvalue weighted by Crippen LogP contribution is 2.13. The molecule has 0 radical (unpaired) electrons. The minimum Gasteiger partial charge on any atom is -0.323 e. The third-order valence-electron chi connectivity index (χ3n) is 2.17. The zero-order valence-corrected chi connectivity index (χ0v) is 9.66. The summed E-state index contributed by atoms with van der Waals surface area (Å²) >= 11 is 0. The number of hydrogen-bond acceptors (Lipinski definition) is 3. The zero-order valence-electron chi connectivity index (χ0n) is 9.66. The Balaban J connectivity index is 2.70. The number of amides is 1. The lowest BCUT2D eigenvalue weighted by molar-refractivity contribution is -0.114. The van der Waals surface area contributed by atoms with Gasteiger partial charge in [0.05, 0.1) is 5.69 Å². The number of aryl methyl sites for hydroxylation is 1. The Labute approximate surface area is 95.1 Å². The molecule has 0 unspecified atom stereocenters. The lowest BCUT2D eigenvalue weighted by Gasteiger charge is -1.98. The summed E-state index contributed by atoms with van der Waals surface area (Å²) in [7, 11) is 0. The molecule has 0 aliphatic carbocycles. The van der Waals surface area contributed by atoms with E-state index >= 15 is 0 Å². The normalized spacial score (nSPS) is 9.81. The topological polar surface area (TPSA) is 70.7 Å². The van der Waals surface area contributed by atoms with Crippen LogP contribution in [0.2, 0.25) is 0 Å². The number of rotatable bonds is 5. The van der Waals surface area contributed by atoms with Crippen LogP contribution in [0.5, 0.6) is 0 Å². The van der Waals surface area contributed by atoms with Crippen LogP contribution in [0.4, 0.5) is 5.69 Å². The van der Waals surface area contributed by atoms with Crippen molar-refractivity contribution in [1.82, 2.24) is 9.78 Å². The molecule has 1 amide bonds. The number of nitrogens with one attached hydrogen (secondary N) is 1. The molecule has 1 N–H and O–H groups in total. The summed E-state index contributed by atoms with van der Waals surface area (Å²) in [4.78, 5) is 10.9. The molecule has 0 bridgehead atoms. The van der Waals surface area contributed by atoms with Crippen molar-refractivity contribution in [3.05, 3.63) is 11.9 Å². The Morgan fingerprint density at radius 3 is 2.94 bits per heavy atom. The molecular weight excluding hydrogens is 204 g/mol. The van der Waals surface area contributed by atoms with Gasteiger partial charge in [0.25, 0.3) is 0 Å². The molecule has 5 nitrogen and oxygen atoms in total. The van der Waals surface area contributed by atoms with Crippen LogP contribution in [-0.4, -0.2) is 15.7 Å². The second kappa shape index (κ2) is 5.91. The van der Waals surface area contributed by atoms with Crippen molar-refractivity contribution in [3.8, 4) is 6.07 Å². The standard InChI is InChI=1S/C11H16N4O/c1-3-4-5-6-15-8-11(13-9(2)16)10(7-12)14-15/h8H,3-6H2,1-2H3,(H,13,16). The fourth-order valence-corrected chi connectivity index (χ4v) is 1.42. The molecule has 1 aromatic heterocycles. The number of aromatic nitrogens is 2. The fourth-order valence-electron chi connectivity index (χ4n) is 1.42. The summed E-state index contributed by atoms with van der Waals surface area (Å²) in [6.07, 6.45) is 5.01. The van der Waals surface area contributed by atoms with Crippen LogP contribution in [0.15, 0.2) is 6.20 Å². The first-order valence-electron chi connectivity index (χ1n) is 5.42. The van der Waals surface area contributed by atoms with E-state index in [0.717, 1.165) is 25.8 Å². The molecule has 16 heavy (non-hydrogen) atoms. The van der Waals surface area contributed by atoms with Crippen molar-refractivity contribution in [2.24, 2.45) is 0 Å². The van der Waals surface area contributed by atoms with Gasteiger partial charge in [-0.3, -0.25) is 9.48 Å². The molecule has 0 saturated heterocycles. The minimum atomic E-state index is -0.190. The van der Waals surface area contributed by atoms with Crippen LogP contribution in [0.1, 0.15) is 38.8 Å². The van der Waals surface area contributed by atoms with Gasteiger partial charge in [-0.05, 0) is 6.42 Å². The first-order valence-corrected chi connectivity index (χ1v) is 5.42. The average molecular weight is 220 g/mol. The van der Waals surface area contributed by atoms with Crippen LogP contribution in [-0.2, 0) is 11.3 Å². The summed E-state index contributed by atoms with van der Waals surface area (Å²) < 4.78 is 1.71. The average Bonchev–Trinajstić information content (AvgIpc) is 2.60. The van der Waals surface area contributed by atoms with Gasteiger partial charge in [-0.25, -0.2) is 0 Å². The van der Waals surface area contributed by atoms with Crippen molar-refractivity contribution < 1.29 is 4.79 Å². The highest BCUT2D eigenvalue weighted by molar-refractivity contribution is 5.89. The number of carbonyl (C=O) groups excluding carboxylic acids is 1. The predicted molar refractivity (Wildman–Crippen MR) is 60.8 cm³/mol. The van der Waals surface area contributed by atoms with Crippen LogP contribution >= 0.6 is 0 Å². The number of unbranched alkanes of at least 4 members (excludes halogenated alkanes) is 2. The monoisotopic (exact) mass is 220 g/mol. The Morgan fingerprint density at radius 1 is 1.62 bits per heavy atom. The summed E-state index contributed by atoms with van der Waals surface area (Å²) in [6, 6.07) is 1.97. The van der Waals surface area contributed by atoms with E-state index in [-0.39, 0.29) is 11.6 Å². The second-order valence-corrected chi connectivity index (χ2v) is 3.65. The minimum absolute atomic E-state index is 0.190. The van der Waals surface area contributed by atoms with E-state index in [0.29, 0.717) is 5.69 Å². The largest absolute Gasteiger partial charge is 0.323 e. The Bertz CT molecular complexity index is 403. The summed E-state index contributed by atoms with van der Waals surface area (Å²) in [6.45, 7) is 4.32. The lowest BCUT2D eigenvalue weighted by Crippen LogP contribution is -2.06. The molecule has 0 spiro atoms. The maximum Gasteiger partial charge on any atom is 0.221 e. The van der Waals surface area contributed by atoms with Crippen molar-refractivity contribution in [3.63, 3.8) is 0 Å². The smallest absolute Gasteiger partial charge is 0.221 e. The van der Waals surface area contributed by atoms with Gasteiger partial charge >= 0.3 is 0 Å². The number of hydrogen-bond donors (Lipinski definition) is 1. The van der Waals surface area contributed by atoms with Gasteiger partial charge in [0.1, 0.15) is 6.07 Å². The quantitative estimate of drug-likeness (QED) is 0.770. The predicted octanol–water partition coefficient (Wildman–Crippen LogP) is 1.90. The molecule has 0 aromatic carbocycles. The maximum atomic E-state index is 10.9. The molecule has 0 aliphatic rings. The number of carbonyl (C=O) groups is 1. The second-order valence-electron chi connectivity index (χ2n) is 3.65. The fraction of sp³-hybridized carbons (Fsp3) is 0.545. The van der Waals surface area contributed by atoms with E-state index in [4.69, 9.17) is 5.26 Å². The Morgan fingerprint density at radius 2 is 2.38 bits per heavy atom. The first-order chi connectivity index (χ1) is 7.67. The highest BCUT2D eigenvalue weighted by Gasteiger charge is 2.08. The van der Waals surface area contributed by atoms with E-state index in [1.54, 1.807) is 10.9 Å². The zero-order chi connectivity index (χ0) is 12.0. The molecular formula is C11H16N4O. The van der Waals surface area contributed by atoms with E-state index in [1.165, 1.54) is 6.92 Å². The van der Waals surface area contributed by atoms with E-state index in [1.807, 2.05) is 6.07 Å². The molecule has 1 heterocycles. The Hall–Kier alpha value is -1.83. The van der Waals surface area contributed by atoms with Gasteiger partial charge in [-0.15, -0.1) is 0 Å². The Kier molecular flexibility index (Phi) is 4.52. The van der Waals surface area contributed by atoms with Gasteiger partial charge in [-0.1, -0.05) is 19.8 Å². The molecule has 0 saturated carbocycles. The third kappa shape index (κ3) is 3.39. The van der Waals surface area contributed by atoms with Gasteiger partial charge in [0, 0.05) is 19.7 Å². The molecule has 1 aromatic rings. The van der Waals surface area contributed by atoms with Gasteiger partial charge < -0.3 is 5.32 Å². The molecule has 0 atom stereocenters. The van der Waals surface area contributed by atoms with Gasteiger partial charge in [-0.2, -0.15) is 10.4 Å². The van der Waals surface area contributed by atoms with E-state index < -0.39 is 0 Å². The lowest BCUT2D eigenvalue weighted by atomic mass is 10.2. The van der Waals surface area contributed by atoms with Crippen LogP contribution in [0.3, 0.4) is 0 Å². The highest BCUT2D eigenvalue weighted by atomic mass is 16.1.